The van der Waals surface area contributed by atoms with Crippen LogP contribution in [0, 0.1) is 5.92 Å². The highest BCUT2D eigenvalue weighted by atomic mass is 32.2. The van der Waals surface area contributed by atoms with Crippen molar-refractivity contribution in [2.24, 2.45) is 10.3 Å². The highest BCUT2D eigenvalue weighted by Gasteiger charge is 2.04. The molecular formula is C13H21NO2S. The molecule has 0 aliphatic carbocycles. The third-order valence-corrected chi connectivity index (χ3v) is 4.42. The van der Waals surface area contributed by atoms with E-state index in [4.69, 9.17) is 4.74 Å². The summed E-state index contributed by atoms with van der Waals surface area (Å²) in [6.45, 7) is 5.06. The van der Waals surface area contributed by atoms with Gasteiger partial charge in [-0.05, 0) is 36.6 Å². The van der Waals surface area contributed by atoms with E-state index >= 15 is 0 Å². The highest BCUT2D eigenvalue weighted by molar-refractivity contribution is 7.93. The molecule has 1 aromatic rings. The molecule has 96 valence electrons. The molecule has 1 rings (SSSR count). The average Bonchev–Trinajstić information content (AvgIpc) is 2.29. The van der Waals surface area contributed by atoms with Crippen LogP contribution in [-0.2, 0) is 9.73 Å². The molecule has 0 fully saturated rings. The fourth-order valence-corrected chi connectivity index (χ4v) is 2.16. The van der Waals surface area contributed by atoms with Crippen LogP contribution in [0.4, 0.5) is 0 Å². The third kappa shape index (κ3) is 4.38. The van der Waals surface area contributed by atoms with Gasteiger partial charge in [0.1, 0.15) is 5.75 Å². The largest absolute Gasteiger partial charge is 0.494 e. The summed E-state index contributed by atoms with van der Waals surface area (Å²) in [7, 11) is -0.651. The Balaban J connectivity index is 2.66. The second-order valence-corrected chi connectivity index (χ2v) is 6.93. The Labute approximate surface area is 104 Å². The number of rotatable bonds is 5. The zero-order chi connectivity index (χ0) is 12.9. The summed E-state index contributed by atoms with van der Waals surface area (Å²) in [5.74, 6) is 1.46. The van der Waals surface area contributed by atoms with E-state index in [1.54, 1.807) is 13.3 Å². The number of hydrogen-bond acceptors (Lipinski definition) is 3. The molecule has 0 bridgehead atoms. The summed E-state index contributed by atoms with van der Waals surface area (Å²) >= 11 is 0. The quantitative estimate of drug-likeness (QED) is 0.810. The Morgan fingerprint density at radius 1 is 1.29 bits per heavy atom. The molecule has 17 heavy (non-hydrogen) atoms. The number of ether oxygens (including phenoxy) is 1. The minimum Gasteiger partial charge on any atom is -0.494 e. The fourth-order valence-electron chi connectivity index (χ4n) is 1.31. The van der Waals surface area contributed by atoms with Gasteiger partial charge in [-0.1, -0.05) is 13.8 Å². The molecule has 0 spiro atoms. The third-order valence-electron chi connectivity index (χ3n) is 2.57. The standard InChI is InChI=1S/C13H21NO2S/c1-11(2)9-10-16-12-5-7-13(8-6-12)17(4,15)14-3/h5-8,11H,9-10H2,1-4H3. The van der Waals surface area contributed by atoms with Gasteiger partial charge in [0.25, 0.3) is 0 Å². The molecule has 0 saturated carbocycles. The SMILES string of the molecule is CN=S(C)(=O)c1ccc(OCCC(C)C)cc1. The lowest BCUT2D eigenvalue weighted by Gasteiger charge is -2.09. The predicted molar refractivity (Wildman–Crippen MR) is 72.1 cm³/mol. The maximum absolute atomic E-state index is 12.0. The fraction of sp³-hybridized carbons (Fsp3) is 0.538. The minimum absolute atomic E-state index is 0.641. The first kappa shape index (κ1) is 14.0. The Hall–Kier alpha value is -1.03. The first-order chi connectivity index (χ1) is 7.95. The lowest BCUT2D eigenvalue weighted by atomic mass is 10.1. The van der Waals surface area contributed by atoms with E-state index in [1.165, 1.54) is 0 Å². The zero-order valence-corrected chi connectivity index (χ0v) is 11.8. The molecule has 0 saturated heterocycles. The van der Waals surface area contributed by atoms with Crippen molar-refractivity contribution in [2.45, 2.75) is 25.2 Å². The minimum atomic E-state index is -2.23. The van der Waals surface area contributed by atoms with Gasteiger partial charge in [-0.3, -0.25) is 0 Å². The number of hydrogen-bond donors (Lipinski definition) is 0. The molecule has 0 N–H and O–H groups in total. The van der Waals surface area contributed by atoms with Gasteiger partial charge in [-0.15, -0.1) is 0 Å². The molecule has 0 aliphatic heterocycles. The molecule has 3 nitrogen and oxygen atoms in total. The Morgan fingerprint density at radius 3 is 2.35 bits per heavy atom. The summed E-state index contributed by atoms with van der Waals surface area (Å²) in [5.41, 5.74) is 0. The van der Waals surface area contributed by atoms with Gasteiger partial charge in [0.2, 0.25) is 0 Å². The molecule has 0 aliphatic rings. The van der Waals surface area contributed by atoms with Crippen LogP contribution in [0.15, 0.2) is 33.5 Å². The van der Waals surface area contributed by atoms with Crippen LogP contribution in [-0.4, -0.2) is 24.1 Å². The normalized spacial score (nSPS) is 14.4. The van der Waals surface area contributed by atoms with E-state index in [9.17, 15) is 4.21 Å². The first-order valence-electron chi connectivity index (χ1n) is 5.79. The smallest absolute Gasteiger partial charge is 0.119 e. The lowest BCUT2D eigenvalue weighted by Crippen LogP contribution is -2.02. The van der Waals surface area contributed by atoms with E-state index in [2.05, 4.69) is 18.2 Å². The van der Waals surface area contributed by atoms with Gasteiger partial charge in [-0.2, -0.15) is 0 Å². The molecule has 0 aromatic heterocycles. The Bertz CT molecular complexity index is 457. The van der Waals surface area contributed by atoms with Gasteiger partial charge < -0.3 is 4.74 Å². The van der Waals surface area contributed by atoms with Crippen molar-refractivity contribution >= 4 is 9.73 Å². The van der Waals surface area contributed by atoms with Crippen molar-refractivity contribution in [3.63, 3.8) is 0 Å². The first-order valence-corrected chi connectivity index (χ1v) is 7.71. The maximum Gasteiger partial charge on any atom is 0.119 e. The van der Waals surface area contributed by atoms with Gasteiger partial charge >= 0.3 is 0 Å². The Morgan fingerprint density at radius 2 is 1.88 bits per heavy atom. The van der Waals surface area contributed by atoms with Crippen LogP contribution >= 0.6 is 0 Å². The van der Waals surface area contributed by atoms with E-state index in [1.807, 2.05) is 24.3 Å². The summed E-state index contributed by atoms with van der Waals surface area (Å²) in [4.78, 5) is 0.746. The lowest BCUT2D eigenvalue weighted by molar-refractivity contribution is 0.289. The van der Waals surface area contributed by atoms with E-state index in [-0.39, 0.29) is 0 Å². The molecule has 0 heterocycles. The molecule has 0 radical (unpaired) electrons. The Kier molecular flexibility index (Phi) is 5.00. The van der Waals surface area contributed by atoms with Crippen molar-refractivity contribution in [3.8, 4) is 5.75 Å². The summed E-state index contributed by atoms with van der Waals surface area (Å²) in [6, 6.07) is 7.34. The van der Waals surface area contributed by atoms with Gasteiger partial charge in [0.15, 0.2) is 0 Å². The van der Waals surface area contributed by atoms with Gasteiger partial charge in [0, 0.05) is 18.2 Å². The number of nitrogens with zero attached hydrogens (tertiary/aromatic N) is 1. The summed E-state index contributed by atoms with van der Waals surface area (Å²) in [5, 5.41) is 0. The average molecular weight is 255 g/mol. The summed E-state index contributed by atoms with van der Waals surface area (Å²) in [6.07, 6.45) is 2.68. The van der Waals surface area contributed by atoms with Crippen molar-refractivity contribution in [1.29, 1.82) is 0 Å². The van der Waals surface area contributed by atoms with Crippen molar-refractivity contribution in [1.82, 2.24) is 0 Å². The molecular weight excluding hydrogens is 234 g/mol. The second-order valence-electron chi connectivity index (χ2n) is 4.49. The monoisotopic (exact) mass is 255 g/mol. The molecule has 0 amide bonds. The molecule has 1 unspecified atom stereocenters. The van der Waals surface area contributed by atoms with E-state index in [0.29, 0.717) is 5.92 Å². The maximum atomic E-state index is 12.0. The molecule has 1 aromatic carbocycles. The van der Waals surface area contributed by atoms with Crippen LogP contribution < -0.4 is 4.74 Å². The van der Waals surface area contributed by atoms with Crippen LogP contribution in [0.3, 0.4) is 0 Å². The van der Waals surface area contributed by atoms with Crippen LogP contribution in [0.5, 0.6) is 5.75 Å². The van der Waals surface area contributed by atoms with Crippen LogP contribution in [0.1, 0.15) is 20.3 Å². The van der Waals surface area contributed by atoms with Crippen LogP contribution in [0.2, 0.25) is 0 Å². The number of benzene rings is 1. The predicted octanol–water partition coefficient (Wildman–Crippen LogP) is 3.20. The molecule has 4 heteroatoms. The topological polar surface area (TPSA) is 38.7 Å². The van der Waals surface area contributed by atoms with E-state index < -0.39 is 9.73 Å². The van der Waals surface area contributed by atoms with Crippen molar-refractivity contribution in [3.05, 3.63) is 24.3 Å². The van der Waals surface area contributed by atoms with Gasteiger partial charge in [-0.25, -0.2) is 8.57 Å². The van der Waals surface area contributed by atoms with Crippen LogP contribution in [0.25, 0.3) is 0 Å². The van der Waals surface area contributed by atoms with E-state index in [0.717, 1.165) is 23.7 Å². The van der Waals surface area contributed by atoms with Gasteiger partial charge in [0.05, 0.1) is 16.3 Å². The van der Waals surface area contributed by atoms with Crippen molar-refractivity contribution < 1.29 is 8.95 Å². The molecule has 1 atom stereocenters. The summed E-state index contributed by atoms with van der Waals surface area (Å²) < 4.78 is 21.5. The second kappa shape index (κ2) is 6.05. The zero-order valence-electron chi connectivity index (χ0n) is 11.0. The highest BCUT2D eigenvalue weighted by Crippen LogP contribution is 2.17. The van der Waals surface area contributed by atoms with Crippen molar-refractivity contribution in [2.75, 3.05) is 19.9 Å².